The normalized spacial score (nSPS) is 13.8. The first-order chi connectivity index (χ1) is 2.64. The first-order valence-electron chi connectivity index (χ1n) is 1.02. The van der Waals surface area contributed by atoms with Crippen LogP contribution in [0.4, 0.5) is 8.78 Å². The van der Waals surface area contributed by atoms with Gasteiger partial charge in [0, 0.05) is 0 Å². The third-order valence-electron chi connectivity index (χ3n) is 0.149. The molecule has 1 radical (unpaired) electrons. The standard InChI is InChI=1S/C2ClF2O/c3-1(4)2(5)6/b2-1+. The van der Waals surface area contributed by atoms with E-state index < -0.39 is 11.3 Å². The van der Waals surface area contributed by atoms with Crippen molar-refractivity contribution in [3.63, 3.8) is 0 Å². The van der Waals surface area contributed by atoms with Gasteiger partial charge in [-0.1, -0.05) is 0 Å². The Kier molecular flexibility index (Phi) is 1.87. The predicted molar refractivity (Wildman–Crippen MR) is 15.8 cm³/mol. The van der Waals surface area contributed by atoms with Gasteiger partial charge < -0.3 is 0 Å². The highest BCUT2D eigenvalue weighted by Crippen LogP contribution is 2.07. The van der Waals surface area contributed by atoms with Crippen molar-refractivity contribution in [1.82, 2.24) is 0 Å². The Balaban J connectivity index is 3.68. The largest absolute Gasteiger partial charge is 0.372 e. The molecule has 0 aromatic carbocycles. The molecule has 0 heterocycles. The van der Waals surface area contributed by atoms with E-state index in [2.05, 4.69) is 11.6 Å². The van der Waals surface area contributed by atoms with Crippen molar-refractivity contribution in [2.75, 3.05) is 0 Å². The van der Waals surface area contributed by atoms with Crippen LogP contribution in [0.25, 0.3) is 0 Å². The summed E-state index contributed by atoms with van der Waals surface area (Å²) in [4.78, 5) is 0. The van der Waals surface area contributed by atoms with Gasteiger partial charge in [0.1, 0.15) is 0 Å². The Labute approximate surface area is 37.8 Å². The average molecular weight is 113 g/mol. The summed E-state index contributed by atoms with van der Waals surface area (Å²) in [6, 6.07) is -2.23. The molecule has 0 atom stereocenters. The highest BCUT2D eigenvalue weighted by molar-refractivity contribution is 6.28. The summed E-state index contributed by atoms with van der Waals surface area (Å²) in [5.41, 5.74) is 0. The van der Waals surface area contributed by atoms with Crippen LogP contribution in [-0.4, -0.2) is 0 Å². The second-order valence-electron chi connectivity index (χ2n) is 0.534. The molecule has 0 aliphatic rings. The van der Waals surface area contributed by atoms with Crippen LogP contribution in [0.5, 0.6) is 0 Å². The van der Waals surface area contributed by atoms with Gasteiger partial charge in [-0.05, 0) is 11.6 Å². The molecule has 4 heteroatoms. The smallest absolute Gasteiger partial charge is 0.252 e. The summed E-state index contributed by atoms with van der Waals surface area (Å²) >= 11 is 4.14. The fourth-order valence-electron chi connectivity index (χ4n) is 0. The van der Waals surface area contributed by atoms with E-state index in [0.29, 0.717) is 0 Å². The van der Waals surface area contributed by atoms with E-state index in [1.807, 2.05) is 0 Å². The molecule has 35 valence electrons. The topological polar surface area (TPSA) is 19.9 Å². The number of rotatable bonds is 0. The lowest BCUT2D eigenvalue weighted by Gasteiger charge is -1.69. The molecule has 0 rings (SSSR count). The van der Waals surface area contributed by atoms with Crippen molar-refractivity contribution in [2.45, 2.75) is 0 Å². The van der Waals surface area contributed by atoms with Gasteiger partial charge in [-0.25, -0.2) is 0 Å². The molecule has 1 nitrogen and oxygen atoms in total. The van der Waals surface area contributed by atoms with E-state index in [4.69, 9.17) is 5.11 Å². The maximum atomic E-state index is 10.8. The molecule has 0 bridgehead atoms. The van der Waals surface area contributed by atoms with Crippen molar-refractivity contribution in [3.05, 3.63) is 11.3 Å². The summed E-state index contributed by atoms with van der Waals surface area (Å²) in [5.74, 6) is 0. The van der Waals surface area contributed by atoms with Crippen molar-refractivity contribution >= 4 is 11.6 Å². The lowest BCUT2D eigenvalue weighted by atomic mass is 11.1. The maximum absolute atomic E-state index is 10.8. The van der Waals surface area contributed by atoms with Gasteiger partial charge in [-0.15, -0.1) is 0 Å². The minimum atomic E-state index is -2.23. The van der Waals surface area contributed by atoms with E-state index in [0.717, 1.165) is 0 Å². The molecule has 0 aromatic heterocycles. The molecule has 0 fully saturated rings. The second kappa shape index (κ2) is 1.97. The molecule has 6 heavy (non-hydrogen) atoms. The summed E-state index contributed by atoms with van der Waals surface area (Å²) in [5, 5.41) is 7.11. The molecule has 0 aromatic rings. The molecule has 0 saturated carbocycles. The van der Waals surface area contributed by atoms with Crippen LogP contribution in [0.15, 0.2) is 11.3 Å². The Hall–Kier alpha value is -0.310. The summed E-state index contributed by atoms with van der Waals surface area (Å²) in [6.07, 6.45) is 0. The van der Waals surface area contributed by atoms with Gasteiger partial charge in [-0.2, -0.15) is 8.78 Å². The zero-order valence-electron chi connectivity index (χ0n) is 2.54. The lowest BCUT2D eigenvalue weighted by molar-refractivity contribution is 0.187. The Morgan fingerprint density at radius 2 is 1.67 bits per heavy atom. The number of hydrogen-bond acceptors (Lipinski definition) is 0. The fraction of sp³-hybridized carbons (Fsp3) is 0. The van der Waals surface area contributed by atoms with E-state index in [1.54, 1.807) is 0 Å². The second-order valence-corrected chi connectivity index (χ2v) is 0.866. The maximum Gasteiger partial charge on any atom is 0.372 e. The minimum absolute atomic E-state index is 1.82. The van der Waals surface area contributed by atoms with Crippen LogP contribution in [0.1, 0.15) is 0 Å². The van der Waals surface area contributed by atoms with Crippen LogP contribution in [0.2, 0.25) is 0 Å². The van der Waals surface area contributed by atoms with Gasteiger partial charge in [-0.3, -0.25) is 5.11 Å². The summed E-state index contributed by atoms with van der Waals surface area (Å²) in [6.45, 7) is 0. The first kappa shape index (κ1) is 5.69. The van der Waals surface area contributed by atoms with Crippen LogP contribution < -0.4 is 0 Å². The van der Waals surface area contributed by atoms with Gasteiger partial charge in [0.05, 0.1) is 0 Å². The highest BCUT2D eigenvalue weighted by atomic mass is 35.5. The van der Waals surface area contributed by atoms with Crippen molar-refractivity contribution < 1.29 is 13.9 Å². The van der Waals surface area contributed by atoms with Gasteiger partial charge >= 0.3 is 6.01 Å². The Morgan fingerprint density at radius 3 is 1.67 bits per heavy atom. The first-order valence-corrected chi connectivity index (χ1v) is 1.40. The zero-order valence-corrected chi connectivity index (χ0v) is 3.30. The Morgan fingerprint density at radius 1 is 1.50 bits per heavy atom. The van der Waals surface area contributed by atoms with Crippen LogP contribution in [0.3, 0.4) is 0 Å². The monoisotopic (exact) mass is 113 g/mol. The molecule has 0 aliphatic carbocycles. The predicted octanol–water partition coefficient (Wildman–Crippen LogP) is 1.72. The Bertz CT molecular complexity index is 61.6. The fourth-order valence-corrected chi connectivity index (χ4v) is 0. The van der Waals surface area contributed by atoms with Gasteiger partial charge in [0.25, 0.3) is 5.29 Å². The van der Waals surface area contributed by atoms with Crippen molar-refractivity contribution in [2.24, 2.45) is 0 Å². The van der Waals surface area contributed by atoms with Crippen LogP contribution in [0, 0.1) is 0 Å². The van der Waals surface area contributed by atoms with E-state index in [9.17, 15) is 8.78 Å². The van der Waals surface area contributed by atoms with Gasteiger partial charge in [0.2, 0.25) is 0 Å². The van der Waals surface area contributed by atoms with E-state index in [-0.39, 0.29) is 0 Å². The van der Waals surface area contributed by atoms with Crippen LogP contribution >= 0.6 is 11.6 Å². The number of halogens is 3. The molecule has 0 spiro atoms. The number of hydrogen-bond donors (Lipinski definition) is 0. The molecule has 0 unspecified atom stereocenters. The molecule has 0 amide bonds. The van der Waals surface area contributed by atoms with E-state index >= 15 is 0 Å². The zero-order chi connectivity index (χ0) is 5.15. The molecule has 0 saturated heterocycles. The van der Waals surface area contributed by atoms with E-state index in [1.165, 1.54) is 0 Å². The van der Waals surface area contributed by atoms with Crippen molar-refractivity contribution in [1.29, 1.82) is 0 Å². The lowest BCUT2D eigenvalue weighted by Crippen LogP contribution is -1.61. The quantitative estimate of drug-likeness (QED) is 0.426. The summed E-state index contributed by atoms with van der Waals surface area (Å²) < 4.78 is 21.4. The molecular formula is C2ClF2O. The molecule has 0 aliphatic heterocycles. The highest BCUT2D eigenvalue weighted by Gasteiger charge is 1.97. The SMILES string of the molecule is [O]/C(F)=C(/F)Cl. The molecular weight excluding hydrogens is 113 g/mol. The molecule has 0 N–H and O–H groups in total. The minimum Gasteiger partial charge on any atom is -0.252 e. The summed E-state index contributed by atoms with van der Waals surface area (Å²) in [7, 11) is 0. The van der Waals surface area contributed by atoms with Crippen LogP contribution in [-0.2, 0) is 5.11 Å². The third kappa shape index (κ3) is 1.96. The van der Waals surface area contributed by atoms with Crippen molar-refractivity contribution in [3.8, 4) is 0 Å². The average Bonchev–Trinajstić information content (AvgIpc) is 1.36. The van der Waals surface area contributed by atoms with Gasteiger partial charge in [0.15, 0.2) is 0 Å². The third-order valence-corrected chi connectivity index (χ3v) is 0.297.